The predicted octanol–water partition coefficient (Wildman–Crippen LogP) is 1.43. The molecule has 0 unspecified atom stereocenters. The second kappa shape index (κ2) is 7.95. The van der Waals surface area contributed by atoms with Gasteiger partial charge in [0.1, 0.15) is 0 Å². The maximum absolute atomic E-state index is 12.6. The molecule has 2 amide bonds. The molecule has 0 aliphatic carbocycles. The van der Waals surface area contributed by atoms with Gasteiger partial charge in [0.15, 0.2) is 11.5 Å². The summed E-state index contributed by atoms with van der Waals surface area (Å²) >= 11 is 0. The zero-order valence-corrected chi connectivity index (χ0v) is 15.9. The monoisotopic (exact) mass is 359 g/mol. The summed E-state index contributed by atoms with van der Waals surface area (Å²) in [5.41, 5.74) is 3.15. The van der Waals surface area contributed by atoms with Gasteiger partial charge in [-0.1, -0.05) is 6.07 Å². The van der Waals surface area contributed by atoms with Crippen molar-refractivity contribution < 1.29 is 19.1 Å². The summed E-state index contributed by atoms with van der Waals surface area (Å²) in [6.45, 7) is 3.64. The third kappa shape index (κ3) is 3.37. The Bertz CT molecular complexity index is 758. The number of ether oxygens (including phenoxy) is 2. The van der Waals surface area contributed by atoms with Crippen LogP contribution in [-0.4, -0.2) is 40.1 Å². The van der Waals surface area contributed by atoms with Crippen LogP contribution in [0.5, 0.6) is 11.5 Å². The highest BCUT2D eigenvalue weighted by Crippen LogP contribution is 2.41. The van der Waals surface area contributed by atoms with E-state index in [-0.39, 0.29) is 11.8 Å². The first-order valence-electron chi connectivity index (χ1n) is 8.24. The van der Waals surface area contributed by atoms with Crippen LogP contribution in [0.25, 0.3) is 0 Å². The molecule has 0 bridgehead atoms. The molecular weight excluding hydrogens is 334 g/mol. The van der Waals surface area contributed by atoms with Gasteiger partial charge in [-0.2, -0.15) is 0 Å². The number of carbonyl (C=O) groups excluding carboxylic acids is 2. The van der Waals surface area contributed by atoms with Crippen molar-refractivity contribution >= 4 is 11.8 Å². The molecule has 3 N–H and O–H groups in total. The summed E-state index contributed by atoms with van der Waals surface area (Å²) in [5, 5.41) is 8.46. The highest BCUT2D eigenvalue weighted by Gasteiger charge is 2.36. The topological polar surface area (TPSA) is 88.7 Å². The highest BCUT2D eigenvalue weighted by atomic mass is 16.5. The van der Waals surface area contributed by atoms with Crippen molar-refractivity contribution in [1.29, 1.82) is 0 Å². The molecule has 7 heteroatoms. The minimum Gasteiger partial charge on any atom is -0.493 e. The van der Waals surface area contributed by atoms with Gasteiger partial charge in [0.25, 0.3) is 0 Å². The third-order valence-electron chi connectivity index (χ3n) is 4.44. The van der Waals surface area contributed by atoms with Crippen LogP contribution in [0.4, 0.5) is 0 Å². The third-order valence-corrected chi connectivity index (χ3v) is 4.44. The second-order valence-electron chi connectivity index (χ2n) is 5.91. The molecule has 0 aromatic heterocycles. The van der Waals surface area contributed by atoms with E-state index in [2.05, 4.69) is 16.0 Å². The van der Waals surface area contributed by atoms with E-state index < -0.39 is 5.92 Å². The van der Waals surface area contributed by atoms with Crippen LogP contribution in [0.15, 0.2) is 40.7 Å². The zero-order chi connectivity index (χ0) is 19.4. The number of likely N-dealkylation sites (N-methyl/N-ethyl adjacent to an activating group) is 2. The van der Waals surface area contributed by atoms with Crippen molar-refractivity contribution in [3.63, 3.8) is 0 Å². The predicted molar refractivity (Wildman–Crippen MR) is 99.0 cm³/mol. The number of allylic oxidation sites excluding steroid dienone is 2. The fourth-order valence-electron chi connectivity index (χ4n) is 3.23. The van der Waals surface area contributed by atoms with Crippen molar-refractivity contribution in [2.45, 2.75) is 19.8 Å². The Morgan fingerprint density at radius 2 is 1.42 bits per heavy atom. The molecule has 140 valence electrons. The first-order chi connectivity index (χ1) is 12.4. The van der Waals surface area contributed by atoms with Gasteiger partial charge in [-0.15, -0.1) is 0 Å². The second-order valence-corrected chi connectivity index (χ2v) is 5.91. The zero-order valence-electron chi connectivity index (χ0n) is 15.9. The maximum Gasteiger partial charge on any atom is 0.249 e. The van der Waals surface area contributed by atoms with Crippen molar-refractivity contribution in [2.75, 3.05) is 28.3 Å². The number of dihydropyridines is 1. The molecule has 0 saturated heterocycles. The summed E-state index contributed by atoms with van der Waals surface area (Å²) in [5.74, 6) is 0.0873. The number of rotatable bonds is 5. The molecule has 0 fully saturated rings. The Labute approximate surface area is 153 Å². The quantitative estimate of drug-likeness (QED) is 0.740. The highest BCUT2D eigenvalue weighted by molar-refractivity contribution is 6.03. The summed E-state index contributed by atoms with van der Waals surface area (Å²) in [4.78, 5) is 25.2. The number of carbonyl (C=O) groups is 2. The van der Waals surface area contributed by atoms with Gasteiger partial charge in [-0.05, 0) is 31.5 Å². The van der Waals surface area contributed by atoms with Crippen molar-refractivity contribution in [3.8, 4) is 11.5 Å². The molecule has 1 aromatic rings. The first-order valence-corrected chi connectivity index (χ1v) is 8.24. The molecule has 0 radical (unpaired) electrons. The lowest BCUT2D eigenvalue weighted by atomic mass is 9.79. The largest absolute Gasteiger partial charge is 0.493 e. The van der Waals surface area contributed by atoms with Crippen LogP contribution in [0.3, 0.4) is 0 Å². The molecular formula is C19H25N3O4. The van der Waals surface area contributed by atoms with Gasteiger partial charge in [0.05, 0.1) is 14.2 Å². The lowest BCUT2D eigenvalue weighted by Crippen LogP contribution is -2.37. The van der Waals surface area contributed by atoms with E-state index in [1.807, 2.05) is 19.9 Å². The first kappa shape index (κ1) is 19.4. The minimum absolute atomic E-state index is 0.247. The number of nitrogens with one attached hydrogen (secondary N) is 3. The summed E-state index contributed by atoms with van der Waals surface area (Å²) in [6, 6.07) is 5.40. The van der Waals surface area contributed by atoms with E-state index in [9.17, 15) is 9.59 Å². The van der Waals surface area contributed by atoms with Gasteiger partial charge in [-0.25, -0.2) is 0 Å². The van der Waals surface area contributed by atoms with Crippen molar-refractivity contribution in [1.82, 2.24) is 16.0 Å². The normalized spacial score (nSPS) is 14.7. The van der Waals surface area contributed by atoms with Crippen molar-refractivity contribution in [2.24, 2.45) is 0 Å². The molecule has 2 rings (SSSR count). The standard InChI is InChI=1S/C19H25N3O4/c1-10-15(18(23)20-3)17(16(11(2)22-10)19(24)21-4)12-7-8-13(25-5)14(9-12)26-6/h7-9,17,22H,1-6H3,(H,20,23)(H,21,24). The van der Waals surface area contributed by atoms with Gasteiger partial charge >= 0.3 is 0 Å². The lowest BCUT2D eigenvalue weighted by Gasteiger charge is -2.31. The Balaban J connectivity index is 2.72. The average molecular weight is 359 g/mol. The SMILES string of the molecule is CNC(=O)C1=C(C)NC(C)=C(C(=O)NC)C1c1ccc(OC)c(OC)c1. The molecule has 0 spiro atoms. The number of amides is 2. The minimum atomic E-state index is -0.532. The Morgan fingerprint density at radius 3 is 1.85 bits per heavy atom. The van der Waals surface area contributed by atoms with E-state index in [0.717, 1.165) is 5.56 Å². The van der Waals surface area contributed by atoms with E-state index in [0.29, 0.717) is 34.0 Å². The van der Waals surface area contributed by atoms with Crippen LogP contribution in [0, 0.1) is 0 Å². The smallest absolute Gasteiger partial charge is 0.249 e. The summed E-state index contributed by atoms with van der Waals surface area (Å²) in [6.07, 6.45) is 0. The number of methoxy groups -OCH3 is 2. The van der Waals surface area contributed by atoms with Crippen LogP contribution >= 0.6 is 0 Å². The van der Waals surface area contributed by atoms with Crippen LogP contribution in [-0.2, 0) is 9.59 Å². The van der Waals surface area contributed by atoms with Gasteiger partial charge in [-0.3, -0.25) is 9.59 Å². The number of benzene rings is 1. The van der Waals surface area contributed by atoms with Crippen molar-refractivity contribution in [3.05, 3.63) is 46.3 Å². The fourth-order valence-corrected chi connectivity index (χ4v) is 3.23. The summed E-state index contributed by atoms with van der Waals surface area (Å²) in [7, 11) is 6.24. The molecule has 7 nitrogen and oxygen atoms in total. The van der Waals surface area contributed by atoms with E-state index >= 15 is 0 Å². The van der Waals surface area contributed by atoms with E-state index in [4.69, 9.17) is 9.47 Å². The van der Waals surface area contributed by atoms with Crippen LogP contribution in [0.1, 0.15) is 25.3 Å². The molecule has 26 heavy (non-hydrogen) atoms. The molecule has 0 saturated carbocycles. The van der Waals surface area contributed by atoms with Crippen LogP contribution < -0.4 is 25.4 Å². The molecule has 0 atom stereocenters. The fraction of sp³-hybridized carbons (Fsp3) is 0.368. The van der Waals surface area contributed by atoms with Gasteiger partial charge in [0.2, 0.25) is 11.8 Å². The Kier molecular flexibility index (Phi) is 5.92. The van der Waals surface area contributed by atoms with E-state index in [1.54, 1.807) is 40.4 Å². The average Bonchev–Trinajstić information content (AvgIpc) is 2.65. The molecule has 1 aromatic carbocycles. The Morgan fingerprint density at radius 1 is 0.923 bits per heavy atom. The molecule has 1 heterocycles. The lowest BCUT2D eigenvalue weighted by molar-refractivity contribution is -0.117. The van der Waals surface area contributed by atoms with Crippen LogP contribution in [0.2, 0.25) is 0 Å². The van der Waals surface area contributed by atoms with Gasteiger partial charge < -0.3 is 25.4 Å². The van der Waals surface area contributed by atoms with E-state index in [1.165, 1.54) is 0 Å². The number of hydrogen-bond donors (Lipinski definition) is 3. The molecule has 1 aliphatic heterocycles. The summed E-state index contributed by atoms with van der Waals surface area (Å²) < 4.78 is 10.7. The maximum atomic E-state index is 12.6. The molecule has 1 aliphatic rings. The Hall–Kier alpha value is -2.96. The number of hydrogen-bond acceptors (Lipinski definition) is 5. The van der Waals surface area contributed by atoms with Gasteiger partial charge in [0, 0.05) is 42.6 Å².